The Labute approximate surface area is 111 Å². The summed E-state index contributed by atoms with van der Waals surface area (Å²) in [7, 11) is 0. The maximum atomic E-state index is 11.2. The molecule has 0 aliphatic rings. The molecule has 104 valence electrons. The molecular formula is C13H17NO5. The third-order valence-electron chi connectivity index (χ3n) is 2.98. The van der Waals surface area contributed by atoms with Crippen LogP contribution in [-0.4, -0.2) is 22.1 Å². The Hall–Kier alpha value is -1.95. The first-order valence-electron chi connectivity index (χ1n) is 5.95. The summed E-state index contributed by atoms with van der Waals surface area (Å²) in [5, 5.41) is 19.9. The Morgan fingerprint density at radius 1 is 1.42 bits per heavy atom. The topological polar surface area (TPSA) is 89.7 Å². The summed E-state index contributed by atoms with van der Waals surface area (Å²) >= 11 is 0. The molecule has 6 heteroatoms. The fourth-order valence-corrected chi connectivity index (χ4v) is 1.52. The first-order valence-corrected chi connectivity index (χ1v) is 5.95. The van der Waals surface area contributed by atoms with Gasteiger partial charge in [0.25, 0.3) is 5.69 Å². The van der Waals surface area contributed by atoms with E-state index in [4.69, 9.17) is 9.84 Å². The molecule has 0 spiro atoms. The lowest BCUT2D eigenvalue weighted by atomic mass is 10.1. The van der Waals surface area contributed by atoms with Crippen molar-refractivity contribution in [2.75, 3.05) is 0 Å². The lowest BCUT2D eigenvalue weighted by Gasteiger charge is -2.17. The van der Waals surface area contributed by atoms with E-state index in [1.165, 1.54) is 18.2 Å². The molecule has 1 atom stereocenters. The predicted octanol–water partition coefficient (Wildman–Crippen LogP) is 2.85. The van der Waals surface area contributed by atoms with Gasteiger partial charge < -0.3 is 9.84 Å². The molecule has 0 heterocycles. The lowest BCUT2D eigenvalue weighted by molar-refractivity contribution is -0.385. The van der Waals surface area contributed by atoms with Crippen LogP contribution in [0.3, 0.4) is 0 Å². The van der Waals surface area contributed by atoms with E-state index in [9.17, 15) is 14.9 Å². The molecule has 0 amide bonds. The molecule has 0 saturated carbocycles. The SMILES string of the molecule is CC(C)C(C)OCc1cccc([N+](=O)[O-])c1C(=O)O. The van der Waals surface area contributed by atoms with E-state index < -0.39 is 16.6 Å². The molecule has 1 unspecified atom stereocenters. The minimum absolute atomic E-state index is 0.0443. The highest BCUT2D eigenvalue weighted by Crippen LogP contribution is 2.23. The molecule has 0 aliphatic carbocycles. The van der Waals surface area contributed by atoms with Crippen molar-refractivity contribution in [3.63, 3.8) is 0 Å². The van der Waals surface area contributed by atoms with Crippen molar-refractivity contribution in [1.82, 2.24) is 0 Å². The van der Waals surface area contributed by atoms with E-state index in [1.807, 2.05) is 20.8 Å². The zero-order chi connectivity index (χ0) is 14.6. The van der Waals surface area contributed by atoms with Gasteiger partial charge in [-0.05, 0) is 18.4 Å². The van der Waals surface area contributed by atoms with Gasteiger partial charge in [-0.1, -0.05) is 26.0 Å². The summed E-state index contributed by atoms with van der Waals surface area (Å²) in [4.78, 5) is 21.3. The first kappa shape index (κ1) is 15.1. The minimum Gasteiger partial charge on any atom is -0.477 e. The second-order valence-corrected chi connectivity index (χ2v) is 4.63. The summed E-state index contributed by atoms with van der Waals surface area (Å²) in [6.45, 7) is 5.89. The van der Waals surface area contributed by atoms with Crippen LogP contribution >= 0.6 is 0 Å². The van der Waals surface area contributed by atoms with E-state index in [1.54, 1.807) is 0 Å². The molecule has 0 radical (unpaired) electrons. The van der Waals surface area contributed by atoms with E-state index in [0.29, 0.717) is 5.56 Å². The molecule has 0 saturated heterocycles. The van der Waals surface area contributed by atoms with Gasteiger partial charge in [-0.3, -0.25) is 10.1 Å². The zero-order valence-electron chi connectivity index (χ0n) is 11.1. The van der Waals surface area contributed by atoms with Gasteiger partial charge in [-0.25, -0.2) is 4.79 Å². The third-order valence-corrected chi connectivity index (χ3v) is 2.98. The number of nitro groups is 1. The van der Waals surface area contributed by atoms with Crippen LogP contribution in [0, 0.1) is 16.0 Å². The van der Waals surface area contributed by atoms with Crippen molar-refractivity contribution in [2.45, 2.75) is 33.5 Å². The molecule has 1 aromatic rings. The Balaban J connectivity index is 3.04. The Kier molecular flexibility index (Phi) is 5.00. The first-order chi connectivity index (χ1) is 8.84. The summed E-state index contributed by atoms with van der Waals surface area (Å²) in [5.41, 5.74) is -0.400. The van der Waals surface area contributed by atoms with Crippen molar-refractivity contribution in [2.24, 2.45) is 5.92 Å². The Bertz CT molecular complexity index is 484. The number of benzene rings is 1. The van der Waals surface area contributed by atoms with E-state index >= 15 is 0 Å². The molecular weight excluding hydrogens is 250 g/mol. The highest BCUT2D eigenvalue weighted by Gasteiger charge is 2.23. The second kappa shape index (κ2) is 6.29. The molecule has 1 rings (SSSR count). The molecule has 19 heavy (non-hydrogen) atoms. The van der Waals surface area contributed by atoms with Crippen molar-refractivity contribution < 1.29 is 19.6 Å². The van der Waals surface area contributed by atoms with Crippen LogP contribution in [-0.2, 0) is 11.3 Å². The minimum atomic E-state index is -1.32. The smallest absolute Gasteiger partial charge is 0.343 e. The van der Waals surface area contributed by atoms with Crippen LogP contribution in [0.5, 0.6) is 0 Å². The van der Waals surface area contributed by atoms with Gasteiger partial charge in [0, 0.05) is 6.07 Å². The zero-order valence-corrected chi connectivity index (χ0v) is 11.1. The Morgan fingerprint density at radius 2 is 2.05 bits per heavy atom. The van der Waals surface area contributed by atoms with Crippen molar-refractivity contribution in [1.29, 1.82) is 0 Å². The fraction of sp³-hybridized carbons (Fsp3) is 0.462. The molecule has 0 aliphatic heterocycles. The number of carbonyl (C=O) groups is 1. The maximum absolute atomic E-state index is 11.2. The number of ether oxygens (including phenoxy) is 1. The fourth-order valence-electron chi connectivity index (χ4n) is 1.52. The average Bonchev–Trinajstić information content (AvgIpc) is 2.34. The quantitative estimate of drug-likeness (QED) is 0.632. The number of nitro benzene ring substituents is 1. The number of aromatic carboxylic acids is 1. The molecule has 6 nitrogen and oxygen atoms in total. The van der Waals surface area contributed by atoms with E-state index in [0.717, 1.165) is 0 Å². The number of rotatable bonds is 6. The molecule has 0 bridgehead atoms. The summed E-state index contributed by atoms with van der Waals surface area (Å²) in [6, 6.07) is 4.17. The average molecular weight is 267 g/mol. The van der Waals surface area contributed by atoms with Crippen molar-refractivity contribution >= 4 is 11.7 Å². The number of nitrogens with zero attached hydrogens (tertiary/aromatic N) is 1. The molecule has 0 fully saturated rings. The van der Waals surface area contributed by atoms with Gasteiger partial charge in [-0.15, -0.1) is 0 Å². The van der Waals surface area contributed by atoms with Crippen LogP contribution < -0.4 is 0 Å². The van der Waals surface area contributed by atoms with Crippen LogP contribution in [0.2, 0.25) is 0 Å². The van der Waals surface area contributed by atoms with Crippen molar-refractivity contribution in [3.8, 4) is 0 Å². The third kappa shape index (κ3) is 3.75. The summed E-state index contributed by atoms with van der Waals surface area (Å²) < 4.78 is 5.53. The Morgan fingerprint density at radius 3 is 2.53 bits per heavy atom. The predicted molar refractivity (Wildman–Crippen MR) is 69.1 cm³/mol. The molecule has 1 N–H and O–H groups in total. The van der Waals surface area contributed by atoms with Gasteiger partial charge in [0.15, 0.2) is 0 Å². The molecule has 0 aromatic heterocycles. The van der Waals surface area contributed by atoms with Crippen LogP contribution in [0.4, 0.5) is 5.69 Å². The van der Waals surface area contributed by atoms with Crippen molar-refractivity contribution in [3.05, 3.63) is 39.4 Å². The van der Waals surface area contributed by atoms with Gasteiger partial charge in [0.05, 0.1) is 17.6 Å². The largest absolute Gasteiger partial charge is 0.477 e. The highest BCUT2D eigenvalue weighted by molar-refractivity contribution is 5.94. The van der Waals surface area contributed by atoms with Gasteiger partial charge in [0.1, 0.15) is 5.56 Å². The highest BCUT2D eigenvalue weighted by atomic mass is 16.6. The number of hydrogen-bond acceptors (Lipinski definition) is 4. The normalized spacial score (nSPS) is 12.4. The maximum Gasteiger partial charge on any atom is 0.343 e. The van der Waals surface area contributed by atoms with E-state index in [-0.39, 0.29) is 24.2 Å². The number of hydrogen-bond donors (Lipinski definition) is 1. The van der Waals surface area contributed by atoms with E-state index in [2.05, 4.69) is 0 Å². The summed E-state index contributed by atoms with van der Waals surface area (Å²) in [6.07, 6.45) is -0.0547. The molecule has 1 aromatic carbocycles. The van der Waals surface area contributed by atoms with Gasteiger partial charge in [-0.2, -0.15) is 0 Å². The second-order valence-electron chi connectivity index (χ2n) is 4.63. The summed E-state index contributed by atoms with van der Waals surface area (Å²) in [5.74, 6) is -1.03. The lowest BCUT2D eigenvalue weighted by Crippen LogP contribution is -2.16. The van der Waals surface area contributed by atoms with Gasteiger partial charge >= 0.3 is 5.97 Å². The number of carboxylic acid groups (broad SMARTS) is 1. The van der Waals surface area contributed by atoms with Crippen LogP contribution in [0.15, 0.2) is 18.2 Å². The van der Waals surface area contributed by atoms with Crippen LogP contribution in [0.1, 0.15) is 36.7 Å². The van der Waals surface area contributed by atoms with Gasteiger partial charge in [0.2, 0.25) is 0 Å². The number of carboxylic acids is 1. The van der Waals surface area contributed by atoms with Crippen LogP contribution in [0.25, 0.3) is 0 Å². The standard InChI is InChI=1S/C13H17NO5/c1-8(2)9(3)19-7-10-5-4-6-11(14(17)18)12(10)13(15)16/h4-6,8-9H,7H2,1-3H3,(H,15,16). The monoisotopic (exact) mass is 267 g/mol.